The molecular weight excluding hydrogens is 338 g/mol. The van der Waals surface area contributed by atoms with Gasteiger partial charge >= 0.3 is 6.03 Å². The van der Waals surface area contributed by atoms with Crippen LogP contribution in [0.25, 0.3) is 0 Å². The van der Waals surface area contributed by atoms with Gasteiger partial charge in [0.05, 0.1) is 12.3 Å². The van der Waals surface area contributed by atoms with Crippen LogP contribution in [-0.4, -0.2) is 42.0 Å². The Morgan fingerprint density at radius 2 is 1.41 bits per heavy atom. The molecule has 0 bridgehead atoms. The van der Waals surface area contributed by atoms with Crippen LogP contribution in [0.4, 0.5) is 10.7 Å². The van der Waals surface area contributed by atoms with E-state index in [-0.39, 0.29) is 12.1 Å². The van der Waals surface area contributed by atoms with E-state index < -0.39 is 0 Å². The molecule has 1 aliphatic heterocycles. The summed E-state index contributed by atoms with van der Waals surface area (Å²) in [5.41, 5.74) is 2.55. The average Bonchev–Trinajstić information content (AvgIpc) is 3.23. The topological polar surface area (TPSA) is 48.7 Å². The fourth-order valence-electron chi connectivity index (χ4n) is 3.60. The summed E-state index contributed by atoms with van der Waals surface area (Å²) in [6.45, 7) is 3.01. The molecule has 1 N–H and O–H groups in total. The Morgan fingerprint density at radius 1 is 0.815 bits per heavy atom. The largest absolute Gasteiger partial charge is 0.449 e. The minimum atomic E-state index is -0.111. The van der Waals surface area contributed by atoms with Gasteiger partial charge in [0.1, 0.15) is 0 Å². The first-order chi connectivity index (χ1) is 13.3. The van der Waals surface area contributed by atoms with Crippen molar-refractivity contribution >= 4 is 11.9 Å². The van der Waals surface area contributed by atoms with E-state index in [0.717, 1.165) is 13.1 Å². The molecule has 27 heavy (non-hydrogen) atoms. The van der Waals surface area contributed by atoms with Crippen molar-refractivity contribution in [2.24, 2.45) is 0 Å². The summed E-state index contributed by atoms with van der Waals surface area (Å²) >= 11 is 0. The molecule has 1 fully saturated rings. The maximum atomic E-state index is 12.4. The number of amides is 2. The van der Waals surface area contributed by atoms with Crippen LogP contribution in [0, 0.1) is 0 Å². The number of hydrogen-bond acceptors (Lipinski definition) is 3. The van der Waals surface area contributed by atoms with Crippen molar-refractivity contribution in [2.45, 2.75) is 6.04 Å². The molecule has 1 aliphatic rings. The number of benzene rings is 2. The van der Waals surface area contributed by atoms with E-state index in [0.29, 0.717) is 19.0 Å². The fraction of sp³-hybridized carbons (Fsp3) is 0.227. The Labute approximate surface area is 159 Å². The van der Waals surface area contributed by atoms with E-state index in [1.54, 1.807) is 18.4 Å². The number of urea groups is 1. The molecule has 0 radical (unpaired) electrons. The Bertz CT molecular complexity index is 802. The van der Waals surface area contributed by atoms with Crippen LogP contribution < -0.4 is 5.32 Å². The SMILES string of the molecule is O=C(Nc1ccco1)N1CCN(C(c2ccccc2)c2ccccc2)CC1. The maximum absolute atomic E-state index is 12.4. The summed E-state index contributed by atoms with van der Waals surface area (Å²) < 4.78 is 5.20. The molecule has 1 aromatic heterocycles. The molecule has 0 unspecified atom stereocenters. The number of furan rings is 1. The van der Waals surface area contributed by atoms with E-state index >= 15 is 0 Å². The quantitative estimate of drug-likeness (QED) is 0.757. The summed E-state index contributed by atoms with van der Waals surface area (Å²) in [4.78, 5) is 16.7. The highest BCUT2D eigenvalue weighted by Gasteiger charge is 2.28. The molecule has 5 heteroatoms. The van der Waals surface area contributed by atoms with Crippen LogP contribution in [0.2, 0.25) is 0 Å². The zero-order valence-electron chi connectivity index (χ0n) is 15.1. The van der Waals surface area contributed by atoms with Gasteiger partial charge in [-0.1, -0.05) is 60.7 Å². The average molecular weight is 361 g/mol. The van der Waals surface area contributed by atoms with E-state index in [2.05, 4.69) is 58.7 Å². The highest BCUT2D eigenvalue weighted by molar-refractivity contribution is 5.87. The molecule has 2 aromatic carbocycles. The summed E-state index contributed by atoms with van der Waals surface area (Å²) in [7, 11) is 0. The third-order valence-corrected chi connectivity index (χ3v) is 4.95. The van der Waals surface area contributed by atoms with E-state index in [4.69, 9.17) is 4.42 Å². The van der Waals surface area contributed by atoms with Gasteiger partial charge in [0.15, 0.2) is 0 Å². The standard InChI is InChI=1S/C22H23N3O2/c26-22(23-20-12-7-17-27-20)25-15-13-24(14-16-25)21(18-8-3-1-4-9-18)19-10-5-2-6-11-19/h1-12,17,21H,13-16H2,(H,23,26). The van der Waals surface area contributed by atoms with Crippen LogP contribution in [0.1, 0.15) is 17.2 Å². The third kappa shape index (κ3) is 4.04. The van der Waals surface area contributed by atoms with Gasteiger partial charge in [0, 0.05) is 32.2 Å². The number of anilines is 1. The second kappa shape index (κ2) is 8.10. The number of nitrogens with one attached hydrogen (secondary N) is 1. The van der Waals surface area contributed by atoms with Gasteiger partial charge in [-0.15, -0.1) is 0 Å². The first-order valence-electron chi connectivity index (χ1n) is 9.24. The lowest BCUT2D eigenvalue weighted by molar-refractivity contribution is 0.126. The molecule has 1 saturated heterocycles. The first-order valence-corrected chi connectivity index (χ1v) is 9.24. The Balaban J connectivity index is 1.46. The smallest absolute Gasteiger partial charge is 0.324 e. The number of hydrogen-bond donors (Lipinski definition) is 1. The summed E-state index contributed by atoms with van der Waals surface area (Å²) in [6.07, 6.45) is 1.55. The normalized spacial score (nSPS) is 15.1. The van der Waals surface area contributed by atoms with Crippen molar-refractivity contribution in [3.63, 3.8) is 0 Å². The van der Waals surface area contributed by atoms with Gasteiger partial charge in [-0.3, -0.25) is 10.2 Å². The minimum Gasteiger partial charge on any atom is -0.449 e. The van der Waals surface area contributed by atoms with Gasteiger partial charge in [0.2, 0.25) is 5.88 Å². The van der Waals surface area contributed by atoms with Crippen LogP contribution in [0.15, 0.2) is 83.5 Å². The van der Waals surface area contributed by atoms with Crippen molar-refractivity contribution in [1.29, 1.82) is 0 Å². The molecule has 5 nitrogen and oxygen atoms in total. The second-order valence-electron chi connectivity index (χ2n) is 6.65. The Kier molecular flexibility index (Phi) is 5.21. The number of rotatable bonds is 4. The van der Waals surface area contributed by atoms with Crippen LogP contribution in [0.3, 0.4) is 0 Å². The number of carbonyl (C=O) groups is 1. The van der Waals surface area contributed by atoms with Crippen molar-refractivity contribution < 1.29 is 9.21 Å². The van der Waals surface area contributed by atoms with Crippen molar-refractivity contribution in [3.05, 3.63) is 90.2 Å². The highest BCUT2D eigenvalue weighted by atomic mass is 16.3. The molecular formula is C22H23N3O2. The lowest BCUT2D eigenvalue weighted by atomic mass is 9.96. The van der Waals surface area contributed by atoms with Crippen LogP contribution in [-0.2, 0) is 0 Å². The van der Waals surface area contributed by atoms with Crippen molar-refractivity contribution in [3.8, 4) is 0 Å². The molecule has 0 saturated carbocycles. The number of piperazine rings is 1. The van der Waals surface area contributed by atoms with Crippen LogP contribution in [0.5, 0.6) is 0 Å². The zero-order valence-corrected chi connectivity index (χ0v) is 15.1. The molecule has 0 spiro atoms. The molecule has 3 aromatic rings. The predicted octanol–water partition coefficient (Wildman–Crippen LogP) is 4.22. The monoisotopic (exact) mass is 361 g/mol. The van der Waals surface area contributed by atoms with Gasteiger partial charge in [-0.25, -0.2) is 4.79 Å². The summed E-state index contributed by atoms with van der Waals surface area (Å²) in [5.74, 6) is 0.480. The molecule has 2 amide bonds. The molecule has 2 heterocycles. The molecule has 0 atom stereocenters. The minimum absolute atomic E-state index is 0.111. The molecule has 0 aliphatic carbocycles. The maximum Gasteiger partial charge on any atom is 0.324 e. The number of nitrogens with zero attached hydrogens (tertiary/aromatic N) is 2. The lowest BCUT2D eigenvalue weighted by Gasteiger charge is -2.39. The highest BCUT2D eigenvalue weighted by Crippen LogP contribution is 2.29. The third-order valence-electron chi connectivity index (χ3n) is 4.95. The van der Waals surface area contributed by atoms with Gasteiger partial charge in [0.25, 0.3) is 0 Å². The van der Waals surface area contributed by atoms with Crippen molar-refractivity contribution in [2.75, 3.05) is 31.5 Å². The van der Waals surface area contributed by atoms with E-state index in [1.807, 2.05) is 17.0 Å². The molecule has 138 valence electrons. The van der Waals surface area contributed by atoms with Crippen molar-refractivity contribution in [1.82, 2.24) is 9.80 Å². The Morgan fingerprint density at radius 3 is 1.93 bits per heavy atom. The first kappa shape index (κ1) is 17.4. The Hall–Kier alpha value is -3.05. The van der Waals surface area contributed by atoms with Crippen LogP contribution >= 0.6 is 0 Å². The fourth-order valence-corrected chi connectivity index (χ4v) is 3.60. The summed E-state index contributed by atoms with van der Waals surface area (Å²) in [6, 6.07) is 24.7. The second-order valence-corrected chi connectivity index (χ2v) is 6.65. The molecule has 4 rings (SSSR count). The zero-order chi connectivity index (χ0) is 18.5. The lowest BCUT2D eigenvalue weighted by Crippen LogP contribution is -2.51. The van der Waals surface area contributed by atoms with Gasteiger partial charge in [-0.05, 0) is 17.2 Å². The van der Waals surface area contributed by atoms with Gasteiger partial charge < -0.3 is 9.32 Å². The van der Waals surface area contributed by atoms with E-state index in [9.17, 15) is 4.79 Å². The summed E-state index contributed by atoms with van der Waals surface area (Å²) in [5, 5.41) is 2.80. The van der Waals surface area contributed by atoms with Gasteiger partial charge in [-0.2, -0.15) is 0 Å². The predicted molar refractivity (Wildman–Crippen MR) is 106 cm³/mol. The van der Waals surface area contributed by atoms with E-state index in [1.165, 1.54) is 11.1 Å². The number of carbonyl (C=O) groups excluding carboxylic acids is 1.